The van der Waals surface area contributed by atoms with E-state index in [-0.39, 0.29) is 36.1 Å². The molecule has 1 aliphatic heterocycles. The summed E-state index contributed by atoms with van der Waals surface area (Å²) >= 11 is 1.45. The van der Waals surface area contributed by atoms with Crippen molar-refractivity contribution in [2.45, 2.75) is 18.9 Å². The molecule has 0 radical (unpaired) electrons. The molecule has 0 saturated carbocycles. The Hall–Kier alpha value is -3.27. The van der Waals surface area contributed by atoms with Crippen molar-refractivity contribution < 1.29 is 22.9 Å². The minimum atomic E-state index is -0.686. The van der Waals surface area contributed by atoms with Gasteiger partial charge in [0.2, 0.25) is 23.5 Å². The maximum atomic E-state index is 13.8. The van der Waals surface area contributed by atoms with Crippen molar-refractivity contribution in [3.05, 3.63) is 66.1 Å². The topological polar surface area (TPSA) is 88.3 Å². The number of amides is 2. The minimum absolute atomic E-state index is 0.0785. The molecule has 4 rings (SSSR count). The smallest absolute Gasteiger partial charge is 0.248 e. The van der Waals surface area contributed by atoms with E-state index in [1.54, 1.807) is 6.07 Å². The van der Waals surface area contributed by atoms with Crippen LogP contribution in [0.15, 0.2) is 53.1 Å². The van der Waals surface area contributed by atoms with Gasteiger partial charge in [0.15, 0.2) is 0 Å². The van der Waals surface area contributed by atoms with Crippen LogP contribution < -0.4 is 5.32 Å². The van der Waals surface area contributed by atoms with Crippen LogP contribution >= 0.6 is 11.8 Å². The van der Waals surface area contributed by atoms with Gasteiger partial charge in [-0.15, -0.1) is 11.8 Å². The van der Waals surface area contributed by atoms with Crippen LogP contribution in [0, 0.1) is 11.6 Å². The van der Waals surface area contributed by atoms with Gasteiger partial charge in [-0.2, -0.15) is 4.98 Å². The Labute approximate surface area is 180 Å². The Morgan fingerprint density at radius 3 is 2.71 bits per heavy atom. The second-order valence-electron chi connectivity index (χ2n) is 6.87. The zero-order chi connectivity index (χ0) is 21.8. The molecule has 1 fully saturated rings. The molecule has 3 aromatic rings. The number of benzene rings is 2. The molecule has 2 heterocycles. The van der Waals surface area contributed by atoms with Crippen LogP contribution in [0.5, 0.6) is 0 Å². The van der Waals surface area contributed by atoms with E-state index in [0.717, 1.165) is 0 Å². The highest BCUT2D eigenvalue weighted by atomic mass is 32.2. The Morgan fingerprint density at radius 1 is 1.16 bits per heavy atom. The van der Waals surface area contributed by atoms with Gasteiger partial charge in [0.25, 0.3) is 0 Å². The molecule has 31 heavy (non-hydrogen) atoms. The number of aromatic nitrogens is 2. The summed E-state index contributed by atoms with van der Waals surface area (Å²) in [6.07, 6.45) is 0.283. The van der Waals surface area contributed by atoms with Crippen LogP contribution in [-0.2, 0) is 16.0 Å². The van der Waals surface area contributed by atoms with Crippen LogP contribution in [-0.4, -0.2) is 44.5 Å². The summed E-state index contributed by atoms with van der Waals surface area (Å²) in [5, 5.41) is 6.40. The van der Waals surface area contributed by atoms with E-state index in [9.17, 15) is 18.4 Å². The monoisotopic (exact) mass is 444 g/mol. The van der Waals surface area contributed by atoms with E-state index >= 15 is 0 Å². The number of rotatable bonds is 6. The van der Waals surface area contributed by atoms with Gasteiger partial charge in [-0.1, -0.05) is 17.3 Å². The molecule has 1 aromatic heterocycles. The molecule has 1 atom stereocenters. The Bertz CT molecular complexity index is 1090. The molecule has 7 nitrogen and oxygen atoms in total. The first-order valence-corrected chi connectivity index (χ1v) is 10.7. The molecule has 1 N–H and O–H groups in total. The van der Waals surface area contributed by atoms with Gasteiger partial charge < -0.3 is 14.7 Å². The average molecular weight is 444 g/mol. The molecular formula is C21H18F2N4O3S. The SMILES string of the molecule is O=C(Nc1ccccc1F)[C@@H]1CSCN1C(=O)CCc1nc(-c2ccc(F)cc2)no1. The third kappa shape index (κ3) is 4.91. The van der Waals surface area contributed by atoms with Crippen molar-refractivity contribution >= 4 is 29.3 Å². The van der Waals surface area contributed by atoms with Crippen LogP contribution in [0.4, 0.5) is 14.5 Å². The molecule has 1 saturated heterocycles. The fourth-order valence-corrected chi connectivity index (χ4v) is 4.29. The lowest BCUT2D eigenvalue weighted by molar-refractivity contribution is -0.136. The van der Waals surface area contributed by atoms with Crippen molar-refractivity contribution in [3.63, 3.8) is 0 Å². The van der Waals surface area contributed by atoms with Gasteiger partial charge in [0.1, 0.15) is 17.7 Å². The van der Waals surface area contributed by atoms with Crippen LogP contribution in [0.1, 0.15) is 12.3 Å². The fourth-order valence-electron chi connectivity index (χ4n) is 3.11. The number of halogens is 2. The lowest BCUT2D eigenvalue weighted by Crippen LogP contribution is -2.44. The van der Waals surface area contributed by atoms with Crippen molar-refractivity contribution in [1.82, 2.24) is 15.0 Å². The molecule has 0 spiro atoms. The third-order valence-corrected chi connectivity index (χ3v) is 5.77. The van der Waals surface area contributed by atoms with E-state index < -0.39 is 17.8 Å². The number of anilines is 1. The first-order chi connectivity index (χ1) is 15.0. The lowest BCUT2D eigenvalue weighted by atomic mass is 10.2. The zero-order valence-electron chi connectivity index (χ0n) is 16.3. The molecule has 160 valence electrons. The van der Waals surface area contributed by atoms with E-state index in [4.69, 9.17) is 4.52 Å². The summed E-state index contributed by atoms with van der Waals surface area (Å²) in [7, 11) is 0. The molecular weight excluding hydrogens is 426 g/mol. The maximum Gasteiger partial charge on any atom is 0.248 e. The van der Waals surface area contributed by atoms with Crippen LogP contribution in [0.2, 0.25) is 0 Å². The number of thioether (sulfide) groups is 1. The van der Waals surface area contributed by atoms with E-state index in [1.807, 2.05) is 0 Å². The van der Waals surface area contributed by atoms with Gasteiger partial charge >= 0.3 is 0 Å². The Balaban J connectivity index is 1.35. The number of para-hydroxylation sites is 1. The highest BCUT2D eigenvalue weighted by Crippen LogP contribution is 2.24. The van der Waals surface area contributed by atoms with Crippen molar-refractivity contribution in [3.8, 4) is 11.4 Å². The normalized spacial score (nSPS) is 15.8. The van der Waals surface area contributed by atoms with Crippen molar-refractivity contribution in [2.75, 3.05) is 16.9 Å². The molecule has 0 unspecified atom stereocenters. The first kappa shape index (κ1) is 21.0. The highest BCUT2D eigenvalue weighted by molar-refractivity contribution is 7.99. The third-order valence-electron chi connectivity index (χ3n) is 4.76. The number of nitrogens with zero attached hydrogens (tertiary/aromatic N) is 3. The standard InChI is InChI=1S/C21H18F2N4O3S/c22-14-7-5-13(6-8-14)20-25-18(30-26-20)9-10-19(28)27-12-31-11-17(27)21(29)24-16-4-2-1-3-15(16)23/h1-8,17H,9-12H2,(H,24,29)/t17-/m0/s1. The predicted octanol–water partition coefficient (Wildman–Crippen LogP) is 3.49. The summed E-state index contributed by atoms with van der Waals surface area (Å²) in [4.78, 5) is 31.0. The van der Waals surface area contributed by atoms with Gasteiger partial charge in [0.05, 0.1) is 11.6 Å². The number of carbonyl (C=O) groups is 2. The largest absolute Gasteiger partial charge is 0.339 e. The second kappa shape index (κ2) is 9.25. The first-order valence-electron chi connectivity index (χ1n) is 9.52. The van der Waals surface area contributed by atoms with E-state index in [0.29, 0.717) is 23.0 Å². The van der Waals surface area contributed by atoms with Gasteiger partial charge in [-0.05, 0) is 36.4 Å². The molecule has 2 amide bonds. The lowest BCUT2D eigenvalue weighted by Gasteiger charge is -2.23. The second-order valence-corrected chi connectivity index (χ2v) is 7.87. The molecule has 0 bridgehead atoms. The Morgan fingerprint density at radius 2 is 1.94 bits per heavy atom. The quantitative estimate of drug-likeness (QED) is 0.626. The average Bonchev–Trinajstić information content (AvgIpc) is 3.44. The number of carbonyl (C=O) groups excluding carboxylic acids is 2. The van der Waals surface area contributed by atoms with Crippen LogP contribution in [0.3, 0.4) is 0 Å². The summed E-state index contributed by atoms with van der Waals surface area (Å²) in [6, 6.07) is 10.9. The van der Waals surface area contributed by atoms with Crippen molar-refractivity contribution in [2.24, 2.45) is 0 Å². The number of hydrogen-bond donors (Lipinski definition) is 1. The van der Waals surface area contributed by atoms with Gasteiger partial charge in [0, 0.05) is 24.2 Å². The fraction of sp³-hybridized carbons (Fsp3) is 0.238. The number of hydrogen-bond acceptors (Lipinski definition) is 6. The van der Waals surface area contributed by atoms with E-state index in [2.05, 4.69) is 15.5 Å². The maximum absolute atomic E-state index is 13.8. The summed E-state index contributed by atoms with van der Waals surface area (Å²) in [5.74, 6) is -0.184. The highest BCUT2D eigenvalue weighted by Gasteiger charge is 2.34. The molecule has 10 heteroatoms. The van der Waals surface area contributed by atoms with E-state index in [1.165, 1.54) is 59.1 Å². The van der Waals surface area contributed by atoms with Crippen molar-refractivity contribution in [1.29, 1.82) is 0 Å². The molecule has 1 aliphatic rings. The summed E-state index contributed by atoms with van der Waals surface area (Å²) in [6.45, 7) is 0. The minimum Gasteiger partial charge on any atom is -0.339 e. The zero-order valence-corrected chi connectivity index (χ0v) is 17.1. The van der Waals surface area contributed by atoms with Crippen LogP contribution in [0.25, 0.3) is 11.4 Å². The predicted molar refractivity (Wildman–Crippen MR) is 111 cm³/mol. The van der Waals surface area contributed by atoms with Gasteiger partial charge in [-0.3, -0.25) is 9.59 Å². The summed E-state index contributed by atoms with van der Waals surface area (Å²) in [5.41, 5.74) is 0.680. The Kier molecular flexibility index (Phi) is 6.26. The summed E-state index contributed by atoms with van der Waals surface area (Å²) < 4.78 is 32.0. The molecule has 0 aliphatic carbocycles. The number of nitrogens with one attached hydrogen (secondary N) is 1. The molecule has 2 aromatic carbocycles. The van der Waals surface area contributed by atoms with Gasteiger partial charge in [-0.25, -0.2) is 8.78 Å². The number of aryl methyl sites for hydroxylation is 1.